The van der Waals surface area contributed by atoms with Crippen molar-refractivity contribution in [2.45, 2.75) is 24.9 Å². The quantitative estimate of drug-likeness (QED) is 0.920. The molecule has 1 atom stereocenters. The molecular formula is C18H20O2. The van der Waals surface area contributed by atoms with Gasteiger partial charge in [0.05, 0.1) is 0 Å². The van der Waals surface area contributed by atoms with Crippen molar-refractivity contribution in [1.82, 2.24) is 0 Å². The Labute approximate surface area is 120 Å². The minimum Gasteiger partial charge on any atom is -0.384 e. The molecule has 104 valence electrons. The summed E-state index contributed by atoms with van der Waals surface area (Å²) in [7, 11) is 0. The third-order valence-electron chi connectivity index (χ3n) is 4.06. The van der Waals surface area contributed by atoms with Crippen LogP contribution in [0.2, 0.25) is 0 Å². The average molecular weight is 268 g/mol. The number of benzene rings is 2. The molecule has 2 nitrogen and oxygen atoms in total. The maximum absolute atomic E-state index is 10.4. The summed E-state index contributed by atoms with van der Waals surface area (Å²) < 4.78 is 5.40. The van der Waals surface area contributed by atoms with Gasteiger partial charge in [-0.05, 0) is 35.4 Å². The first kappa shape index (κ1) is 13.3. The van der Waals surface area contributed by atoms with E-state index in [-0.39, 0.29) is 0 Å². The fraction of sp³-hybridized carbons (Fsp3) is 0.333. The monoisotopic (exact) mass is 268 g/mol. The fourth-order valence-electron chi connectivity index (χ4n) is 2.81. The smallest absolute Gasteiger partial charge is 0.104 e. The standard InChI is InChI=1S/C18H20O2/c19-18(16-4-2-1-3-5-16)17-8-6-14(7-9-17)15-10-12-20-13-11-15/h1-9,15,18-19H,10-13H2. The van der Waals surface area contributed by atoms with Gasteiger partial charge < -0.3 is 9.84 Å². The zero-order chi connectivity index (χ0) is 13.8. The lowest BCUT2D eigenvalue weighted by Crippen LogP contribution is -2.14. The number of ether oxygens (including phenoxy) is 1. The highest BCUT2D eigenvalue weighted by Crippen LogP contribution is 2.29. The normalized spacial score (nSPS) is 17.9. The third-order valence-corrected chi connectivity index (χ3v) is 4.06. The van der Waals surface area contributed by atoms with Crippen LogP contribution in [0.3, 0.4) is 0 Å². The minimum absolute atomic E-state index is 0.542. The van der Waals surface area contributed by atoms with Gasteiger partial charge in [0.15, 0.2) is 0 Å². The van der Waals surface area contributed by atoms with E-state index in [1.165, 1.54) is 5.56 Å². The van der Waals surface area contributed by atoms with Crippen LogP contribution in [0.15, 0.2) is 54.6 Å². The number of hydrogen-bond donors (Lipinski definition) is 1. The molecule has 20 heavy (non-hydrogen) atoms. The highest BCUT2D eigenvalue weighted by Gasteiger charge is 2.16. The van der Waals surface area contributed by atoms with Crippen molar-refractivity contribution < 1.29 is 9.84 Å². The molecule has 0 saturated carbocycles. The number of aliphatic hydroxyl groups is 1. The second-order valence-corrected chi connectivity index (χ2v) is 5.37. The van der Waals surface area contributed by atoms with Crippen LogP contribution in [0.4, 0.5) is 0 Å². The summed E-state index contributed by atoms with van der Waals surface area (Å²) in [5.41, 5.74) is 3.25. The fourth-order valence-corrected chi connectivity index (χ4v) is 2.81. The van der Waals surface area contributed by atoms with Crippen molar-refractivity contribution >= 4 is 0 Å². The molecule has 1 fully saturated rings. The highest BCUT2D eigenvalue weighted by atomic mass is 16.5. The second kappa shape index (κ2) is 6.21. The van der Waals surface area contributed by atoms with Gasteiger partial charge in [0.1, 0.15) is 6.10 Å². The van der Waals surface area contributed by atoms with Crippen LogP contribution < -0.4 is 0 Å². The molecular weight excluding hydrogens is 248 g/mol. The summed E-state index contributed by atoms with van der Waals surface area (Å²) in [6.07, 6.45) is 1.65. The van der Waals surface area contributed by atoms with Gasteiger partial charge in [0.25, 0.3) is 0 Å². The molecule has 1 aliphatic rings. The number of hydrogen-bond acceptors (Lipinski definition) is 2. The van der Waals surface area contributed by atoms with Crippen molar-refractivity contribution in [1.29, 1.82) is 0 Å². The molecule has 0 aromatic heterocycles. The van der Waals surface area contributed by atoms with Gasteiger partial charge in [0, 0.05) is 13.2 Å². The van der Waals surface area contributed by atoms with Gasteiger partial charge >= 0.3 is 0 Å². The van der Waals surface area contributed by atoms with Gasteiger partial charge in [-0.15, -0.1) is 0 Å². The molecule has 0 bridgehead atoms. The Balaban J connectivity index is 1.75. The Morgan fingerprint density at radius 2 is 1.45 bits per heavy atom. The van der Waals surface area contributed by atoms with Gasteiger partial charge in [-0.2, -0.15) is 0 Å². The summed E-state index contributed by atoms with van der Waals surface area (Å²) in [6.45, 7) is 1.72. The van der Waals surface area contributed by atoms with E-state index < -0.39 is 6.10 Å². The Kier molecular flexibility index (Phi) is 4.14. The molecule has 1 N–H and O–H groups in total. The Morgan fingerprint density at radius 1 is 0.850 bits per heavy atom. The van der Waals surface area contributed by atoms with Crippen molar-refractivity contribution in [2.24, 2.45) is 0 Å². The molecule has 0 aliphatic carbocycles. The zero-order valence-electron chi connectivity index (χ0n) is 11.5. The Hall–Kier alpha value is -1.64. The van der Waals surface area contributed by atoms with Crippen molar-refractivity contribution in [3.63, 3.8) is 0 Å². The predicted octanol–water partition coefficient (Wildman–Crippen LogP) is 3.66. The molecule has 1 saturated heterocycles. The van der Waals surface area contributed by atoms with Crippen LogP contribution in [0.25, 0.3) is 0 Å². The van der Waals surface area contributed by atoms with E-state index in [1.807, 2.05) is 42.5 Å². The van der Waals surface area contributed by atoms with Crippen LogP contribution in [-0.4, -0.2) is 18.3 Å². The molecule has 0 radical (unpaired) electrons. The predicted molar refractivity (Wildman–Crippen MR) is 79.7 cm³/mol. The third kappa shape index (κ3) is 2.92. The second-order valence-electron chi connectivity index (χ2n) is 5.37. The maximum Gasteiger partial charge on any atom is 0.104 e. The van der Waals surface area contributed by atoms with Crippen molar-refractivity contribution in [3.8, 4) is 0 Å². The van der Waals surface area contributed by atoms with Gasteiger partial charge in [-0.3, -0.25) is 0 Å². The summed E-state index contributed by atoms with van der Waals surface area (Å²) in [5, 5.41) is 10.4. The molecule has 1 heterocycles. The largest absolute Gasteiger partial charge is 0.384 e. The zero-order valence-corrected chi connectivity index (χ0v) is 11.5. The lowest BCUT2D eigenvalue weighted by Gasteiger charge is -2.22. The van der Waals surface area contributed by atoms with Crippen LogP contribution in [0.5, 0.6) is 0 Å². The van der Waals surface area contributed by atoms with E-state index in [1.54, 1.807) is 0 Å². The SMILES string of the molecule is OC(c1ccccc1)c1ccc(C2CCOCC2)cc1. The number of aliphatic hydroxyl groups excluding tert-OH is 1. The van der Waals surface area contributed by atoms with Crippen molar-refractivity contribution in [2.75, 3.05) is 13.2 Å². The van der Waals surface area contributed by atoms with E-state index in [4.69, 9.17) is 4.74 Å². The van der Waals surface area contributed by atoms with Crippen LogP contribution in [0.1, 0.15) is 41.6 Å². The van der Waals surface area contributed by atoms with Gasteiger partial charge in [-0.1, -0.05) is 54.6 Å². The highest BCUT2D eigenvalue weighted by molar-refractivity contribution is 5.33. The lowest BCUT2D eigenvalue weighted by molar-refractivity contribution is 0.0853. The lowest BCUT2D eigenvalue weighted by atomic mass is 9.90. The first-order chi connectivity index (χ1) is 9.84. The van der Waals surface area contributed by atoms with E-state index in [9.17, 15) is 5.11 Å². The van der Waals surface area contributed by atoms with Gasteiger partial charge in [0.2, 0.25) is 0 Å². The summed E-state index contributed by atoms with van der Waals surface area (Å²) >= 11 is 0. The first-order valence-corrected chi connectivity index (χ1v) is 7.25. The summed E-state index contributed by atoms with van der Waals surface area (Å²) in [4.78, 5) is 0. The Bertz CT molecular complexity index is 527. The summed E-state index contributed by atoms with van der Waals surface area (Å²) in [6, 6.07) is 18.2. The molecule has 2 aromatic carbocycles. The van der Waals surface area contributed by atoms with E-state index in [2.05, 4.69) is 12.1 Å². The van der Waals surface area contributed by atoms with Crippen LogP contribution in [-0.2, 0) is 4.74 Å². The van der Waals surface area contributed by atoms with Crippen LogP contribution in [0, 0.1) is 0 Å². The maximum atomic E-state index is 10.4. The van der Waals surface area contributed by atoms with Crippen LogP contribution >= 0.6 is 0 Å². The van der Waals surface area contributed by atoms with E-state index in [0.29, 0.717) is 5.92 Å². The molecule has 1 unspecified atom stereocenters. The first-order valence-electron chi connectivity index (χ1n) is 7.25. The molecule has 1 aliphatic heterocycles. The Morgan fingerprint density at radius 3 is 2.10 bits per heavy atom. The average Bonchev–Trinajstić information content (AvgIpc) is 2.56. The molecule has 2 aromatic rings. The molecule has 2 heteroatoms. The minimum atomic E-state index is -0.542. The van der Waals surface area contributed by atoms with Crippen molar-refractivity contribution in [3.05, 3.63) is 71.3 Å². The number of rotatable bonds is 3. The molecule has 0 amide bonds. The molecule has 3 rings (SSSR count). The molecule has 0 spiro atoms. The summed E-state index contributed by atoms with van der Waals surface area (Å²) in [5.74, 6) is 0.603. The topological polar surface area (TPSA) is 29.5 Å². The van der Waals surface area contributed by atoms with E-state index in [0.717, 1.165) is 37.2 Å². The van der Waals surface area contributed by atoms with E-state index >= 15 is 0 Å². The van der Waals surface area contributed by atoms with Gasteiger partial charge in [-0.25, -0.2) is 0 Å².